The van der Waals surface area contributed by atoms with Gasteiger partial charge in [0.25, 0.3) is 0 Å². The van der Waals surface area contributed by atoms with Crippen LogP contribution >= 0.6 is 23.2 Å². The summed E-state index contributed by atoms with van der Waals surface area (Å²) in [4.78, 5) is 13.5. The molecule has 0 aliphatic rings. The van der Waals surface area contributed by atoms with Crippen molar-refractivity contribution in [2.24, 2.45) is 0 Å². The number of hydrogen-bond acceptors (Lipinski definition) is 6. The Morgan fingerprint density at radius 1 is 1.11 bits per heavy atom. The van der Waals surface area contributed by atoms with Crippen molar-refractivity contribution in [1.82, 2.24) is 20.2 Å². The summed E-state index contributed by atoms with van der Waals surface area (Å²) in [5.41, 5.74) is 1.05. The van der Waals surface area contributed by atoms with Crippen LogP contribution in [0.3, 0.4) is 0 Å². The number of aromatic nitrogens is 4. The number of nitrogens with zero attached hydrogens (tertiary/aromatic N) is 4. The molecule has 10 heteroatoms. The maximum absolute atomic E-state index is 12.4. The first-order valence-corrected chi connectivity index (χ1v) is 8.51. The first-order chi connectivity index (χ1) is 13.0. The number of anilines is 1. The zero-order chi connectivity index (χ0) is 19.4. The van der Waals surface area contributed by atoms with Gasteiger partial charge in [0.1, 0.15) is 18.0 Å². The van der Waals surface area contributed by atoms with Crippen LogP contribution in [0.25, 0.3) is 11.4 Å². The molecular weight excluding hydrogens is 393 g/mol. The van der Waals surface area contributed by atoms with E-state index >= 15 is 0 Å². The Bertz CT molecular complexity index is 977. The molecular formula is C17H15Cl2N5O3. The molecule has 0 fully saturated rings. The van der Waals surface area contributed by atoms with Crippen LogP contribution in [0.15, 0.2) is 36.4 Å². The van der Waals surface area contributed by atoms with Crippen LogP contribution in [-0.4, -0.2) is 40.3 Å². The van der Waals surface area contributed by atoms with Gasteiger partial charge in [-0.15, -0.1) is 10.2 Å². The smallest absolute Gasteiger partial charge is 0.248 e. The molecule has 2 aromatic carbocycles. The van der Waals surface area contributed by atoms with Crippen molar-refractivity contribution in [1.29, 1.82) is 0 Å². The molecule has 0 spiro atoms. The zero-order valence-corrected chi connectivity index (χ0v) is 16.0. The summed E-state index contributed by atoms with van der Waals surface area (Å²) in [5.74, 6) is 0.769. The van der Waals surface area contributed by atoms with Crippen molar-refractivity contribution in [3.8, 4) is 22.9 Å². The fourth-order valence-corrected chi connectivity index (χ4v) is 2.79. The summed E-state index contributed by atoms with van der Waals surface area (Å²) in [6.07, 6.45) is 0. The number of rotatable bonds is 6. The van der Waals surface area contributed by atoms with E-state index in [1.54, 1.807) is 30.3 Å². The largest absolute Gasteiger partial charge is 0.495 e. The Morgan fingerprint density at radius 2 is 1.85 bits per heavy atom. The molecule has 0 aliphatic heterocycles. The van der Waals surface area contributed by atoms with Gasteiger partial charge in [-0.1, -0.05) is 35.3 Å². The van der Waals surface area contributed by atoms with Gasteiger partial charge in [0.05, 0.1) is 30.0 Å². The number of carbonyl (C=O) groups is 1. The summed E-state index contributed by atoms with van der Waals surface area (Å²) in [7, 11) is 2.96. The lowest BCUT2D eigenvalue weighted by Crippen LogP contribution is -2.20. The van der Waals surface area contributed by atoms with Gasteiger partial charge in [0, 0.05) is 17.7 Å². The molecule has 3 rings (SSSR count). The van der Waals surface area contributed by atoms with Crippen LogP contribution in [0.1, 0.15) is 0 Å². The van der Waals surface area contributed by atoms with E-state index in [2.05, 4.69) is 20.7 Å². The van der Waals surface area contributed by atoms with Gasteiger partial charge in [0.2, 0.25) is 11.7 Å². The van der Waals surface area contributed by atoms with E-state index in [1.807, 2.05) is 6.07 Å². The molecule has 0 saturated carbocycles. The van der Waals surface area contributed by atoms with Crippen molar-refractivity contribution in [3.05, 3.63) is 46.4 Å². The molecule has 140 valence electrons. The molecule has 0 saturated heterocycles. The summed E-state index contributed by atoms with van der Waals surface area (Å²) in [6.45, 7) is -0.147. The highest BCUT2D eigenvalue weighted by Gasteiger charge is 2.15. The molecule has 0 atom stereocenters. The molecule has 0 bridgehead atoms. The van der Waals surface area contributed by atoms with Crippen molar-refractivity contribution in [2.45, 2.75) is 6.54 Å². The second kappa shape index (κ2) is 8.24. The summed E-state index contributed by atoms with van der Waals surface area (Å²) >= 11 is 12.2. The summed E-state index contributed by atoms with van der Waals surface area (Å²) in [6, 6.07) is 10.2. The lowest BCUT2D eigenvalue weighted by molar-refractivity contribution is -0.117. The van der Waals surface area contributed by atoms with E-state index in [1.165, 1.54) is 19.0 Å². The zero-order valence-electron chi connectivity index (χ0n) is 14.4. The standard InChI is InChI=1S/C17H15Cl2N5O3/c1-26-14-8-13(15(27-2)7-12(14)19)20-16(25)9-24-22-17(21-23-24)10-5-3-4-6-11(10)18/h3-8H,9H2,1-2H3,(H,20,25). The summed E-state index contributed by atoms with van der Waals surface area (Å²) in [5, 5.41) is 15.6. The van der Waals surface area contributed by atoms with E-state index in [0.29, 0.717) is 38.6 Å². The SMILES string of the molecule is COc1cc(NC(=O)Cn2nnc(-c3ccccc3Cl)n2)c(OC)cc1Cl. The third-order valence-corrected chi connectivity index (χ3v) is 4.23. The molecule has 27 heavy (non-hydrogen) atoms. The third-order valence-electron chi connectivity index (χ3n) is 3.60. The topological polar surface area (TPSA) is 91.2 Å². The maximum Gasteiger partial charge on any atom is 0.248 e. The lowest BCUT2D eigenvalue weighted by Gasteiger charge is -2.12. The molecule has 0 unspecified atom stereocenters. The predicted molar refractivity (Wildman–Crippen MR) is 101 cm³/mol. The maximum atomic E-state index is 12.4. The van der Waals surface area contributed by atoms with Crippen LogP contribution in [-0.2, 0) is 11.3 Å². The number of tetrazole rings is 1. The van der Waals surface area contributed by atoms with Crippen molar-refractivity contribution in [2.75, 3.05) is 19.5 Å². The van der Waals surface area contributed by atoms with Crippen LogP contribution in [0.5, 0.6) is 11.5 Å². The number of ether oxygens (including phenoxy) is 2. The van der Waals surface area contributed by atoms with Gasteiger partial charge >= 0.3 is 0 Å². The highest BCUT2D eigenvalue weighted by atomic mass is 35.5. The Labute approximate surface area is 165 Å². The number of methoxy groups -OCH3 is 2. The van der Waals surface area contributed by atoms with Crippen molar-refractivity contribution >= 4 is 34.8 Å². The van der Waals surface area contributed by atoms with Gasteiger partial charge in [-0.25, -0.2) is 0 Å². The average molecular weight is 408 g/mol. The van der Waals surface area contributed by atoms with E-state index < -0.39 is 0 Å². The molecule has 1 aromatic heterocycles. The highest BCUT2D eigenvalue weighted by Crippen LogP contribution is 2.35. The minimum absolute atomic E-state index is 0.147. The molecule has 0 radical (unpaired) electrons. The highest BCUT2D eigenvalue weighted by molar-refractivity contribution is 6.33. The Balaban J connectivity index is 1.75. The van der Waals surface area contributed by atoms with Crippen LogP contribution in [0.4, 0.5) is 5.69 Å². The fraction of sp³-hybridized carbons (Fsp3) is 0.176. The van der Waals surface area contributed by atoms with Crippen molar-refractivity contribution in [3.63, 3.8) is 0 Å². The Morgan fingerprint density at radius 3 is 2.56 bits per heavy atom. The van der Waals surface area contributed by atoms with E-state index in [0.717, 1.165) is 0 Å². The van der Waals surface area contributed by atoms with E-state index in [4.69, 9.17) is 32.7 Å². The monoisotopic (exact) mass is 407 g/mol. The van der Waals surface area contributed by atoms with E-state index in [-0.39, 0.29) is 12.5 Å². The Hall–Kier alpha value is -2.84. The van der Waals surface area contributed by atoms with E-state index in [9.17, 15) is 4.79 Å². The number of amides is 1. The van der Waals surface area contributed by atoms with Gasteiger partial charge in [0.15, 0.2) is 0 Å². The first-order valence-electron chi connectivity index (χ1n) is 7.76. The molecule has 3 aromatic rings. The van der Waals surface area contributed by atoms with Gasteiger partial charge in [-0.3, -0.25) is 4.79 Å². The fourth-order valence-electron chi connectivity index (χ4n) is 2.34. The molecule has 1 heterocycles. The van der Waals surface area contributed by atoms with Crippen LogP contribution in [0.2, 0.25) is 10.0 Å². The molecule has 1 amide bonds. The van der Waals surface area contributed by atoms with Gasteiger partial charge in [-0.05, 0) is 17.3 Å². The molecule has 1 N–H and O–H groups in total. The normalized spacial score (nSPS) is 10.5. The van der Waals surface area contributed by atoms with Gasteiger partial charge in [-0.2, -0.15) is 4.80 Å². The average Bonchev–Trinajstić information content (AvgIpc) is 3.11. The van der Waals surface area contributed by atoms with Crippen molar-refractivity contribution < 1.29 is 14.3 Å². The van der Waals surface area contributed by atoms with Gasteiger partial charge < -0.3 is 14.8 Å². The number of carbonyl (C=O) groups excluding carboxylic acids is 1. The first kappa shape index (κ1) is 18.9. The lowest BCUT2D eigenvalue weighted by atomic mass is 10.2. The second-order valence-electron chi connectivity index (χ2n) is 5.36. The third kappa shape index (κ3) is 4.29. The predicted octanol–water partition coefficient (Wildman–Crippen LogP) is 3.30. The molecule has 0 aliphatic carbocycles. The quantitative estimate of drug-likeness (QED) is 0.673. The minimum Gasteiger partial charge on any atom is -0.495 e. The van der Waals surface area contributed by atoms with Crippen LogP contribution in [0, 0.1) is 0 Å². The summed E-state index contributed by atoms with van der Waals surface area (Å²) < 4.78 is 10.4. The number of halogens is 2. The second-order valence-corrected chi connectivity index (χ2v) is 6.17. The number of hydrogen-bond donors (Lipinski definition) is 1. The Kier molecular flexibility index (Phi) is 5.78. The number of nitrogens with one attached hydrogen (secondary N) is 1. The minimum atomic E-state index is -0.374. The molecule has 8 nitrogen and oxygen atoms in total. The van der Waals surface area contributed by atoms with Crippen LogP contribution < -0.4 is 14.8 Å². The number of benzene rings is 2.